The number of likely N-dealkylation sites (N-methyl/N-ethyl adjacent to an activating group) is 1. The van der Waals surface area contributed by atoms with Crippen molar-refractivity contribution in [3.05, 3.63) is 29.8 Å². The summed E-state index contributed by atoms with van der Waals surface area (Å²) in [6.45, 7) is 4.38. The molecule has 2 heteroatoms. The monoisotopic (exact) mass is 178 g/mol. The number of nitrogens with two attached hydrogens (primary N) is 1. The Morgan fingerprint density at radius 1 is 1.46 bits per heavy atom. The van der Waals surface area contributed by atoms with E-state index in [-0.39, 0.29) is 0 Å². The van der Waals surface area contributed by atoms with Crippen molar-refractivity contribution in [2.45, 2.75) is 19.4 Å². The van der Waals surface area contributed by atoms with Crippen LogP contribution >= 0.6 is 0 Å². The van der Waals surface area contributed by atoms with Gasteiger partial charge in [-0.3, -0.25) is 0 Å². The predicted molar refractivity (Wildman–Crippen MR) is 51.9 cm³/mol. The molecule has 1 aliphatic rings. The van der Waals surface area contributed by atoms with Gasteiger partial charge in [-0.1, -0.05) is 18.2 Å². The molecular weight excluding hydrogens is 162 g/mol. The van der Waals surface area contributed by atoms with Gasteiger partial charge >= 0.3 is 0 Å². The van der Waals surface area contributed by atoms with Crippen LogP contribution in [-0.4, -0.2) is 19.2 Å². The second-order valence-electron chi connectivity index (χ2n) is 3.48. The van der Waals surface area contributed by atoms with Crippen LogP contribution in [0.15, 0.2) is 24.3 Å². The molecule has 13 heavy (non-hydrogen) atoms. The number of para-hydroxylation sites is 1. The molecule has 0 saturated heterocycles. The second-order valence-corrected chi connectivity index (χ2v) is 3.48. The lowest BCUT2D eigenvalue weighted by atomic mass is 10.1. The van der Waals surface area contributed by atoms with Gasteiger partial charge in [0.15, 0.2) is 6.10 Å². The van der Waals surface area contributed by atoms with Gasteiger partial charge in [0.25, 0.3) is 0 Å². The van der Waals surface area contributed by atoms with E-state index < -0.39 is 0 Å². The molecule has 1 atom stereocenters. The van der Waals surface area contributed by atoms with Crippen molar-refractivity contribution >= 4 is 0 Å². The fourth-order valence-corrected chi connectivity index (χ4v) is 1.74. The van der Waals surface area contributed by atoms with Crippen molar-refractivity contribution in [1.29, 1.82) is 0 Å². The lowest BCUT2D eigenvalue weighted by molar-refractivity contribution is -0.656. The van der Waals surface area contributed by atoms with Crippen LogP contribution in [0.25, 0.3) is 0 Å². The molecule has 0 saturated carbocycles. The molecule has 0 fully saturated rings. The maximum absolute atomic E-state index is 5.78. The van der Waals surface area contributed by atoms with E-state index in [0.29, 0.717) is 6.10 Å². The summed E-state index contributed by atoms with van der Waals surface area (Å²) in [6, 6.07) is 8.32. The van der Waals surface area contributed by atoms with Crippen molar-refractivity contribution in [1.82, 2.24) is 0 Å². The Bertz CT molecular complexity index is 260. The zero-order valence-electron chi connectivity index (χ0n) is 7.99. The van der Waals surface area contributed by atoms with E-state index in [1.54, 1.807) is 0 Å². The molecular formula is C11H16NO+. The minimum absolute atomic E-state index is 0.386. The average Bonchev–Trinajstić information content (AvgIpc) is 2.57. The van der Waals surface area contributed by atoms with E-state index in [9.17, 15) is 0 Å². The van der Waals surface area contributed by atoms with Crippen LogP contribution in [0.4, 0.5) is 0 Å². The minimum atomic E-state index is 0.386. The Kier molecular flexibility index (Phi) is 2.50. The number of quaternary nitrogens is 1. The summed E-state index contributed by atoms with van der Waals surface area (Å²) in [7, 11) is 0. The zero-order valence-corrected chi connectivity index (χ0v) is 7.99. The minimum Gasteiger partial charge on any atom is -0.484 e. The molecule has 2 nitrogen and oxygen atoms in total. The third-order valence-electron chi connectivity index (χ3n) is 2.43. The molecule has 1 aromatic rings. The highest BCUT2D eigenvalue weighted by molar-refractivity contribution is 5.37. The first-order valence-electron chi connectivity index (χ1n) is 4.96. The fraction of sp³-hybridized carbons (Fsp3) is 0.455. The average molecular weight is 178 g/mol. The van der Waals surface area contributed by atoms with Gasteiger partial charge in [-0.2, -0.15) is 0 Å². The molecule has 0 bridgehead atoms. The lowest BCUT2D eigenvalue weighted by Crippen LogP contribution is -2.86. The zero-order chi connectivity index (χ0) is 9.10. The van der Waals surface area contributed by atoms with Crippen molar-refractivity contribution in [3.8, 4) is 5.75 Å². The topological polar surface area (TPSA) is 25.8 Å². The molecule has 0 amide bonds. The van der Waals surface area contributed by atoms with Gasteiger partial charge in [0.05, 0.1) is 6.54 Å². The second kappa shape index (κ2) is 3.79. The fourth-order valence-electron chi connectivity index (χ4n) is 1.74. The number of ether oxygens (including phenoxy) is 1. The molecule has 0 radical (unpaired) electrons. The Balaban J connectivity index is 1.97. The van der Waals surface area contributed by atoms with E-state index in [2.05, 4.69) is 30.4 Å². The van der Waals surface area contributed by atoms with Crippen LogP contribution in [0.2, 0.25) is 0 Å². The number of benzene rings is 1. The molecule has 0 spiro atoms. The lowest BCUT2D eigenvalue weighted by Gasteiger charge is -2.07. The SMILES string of the molecule is CC[NH2+]C[C@@H]1Cc2ccccc2O1. The van der Waals surface area contributed by atoms with Crippen LogP contribution in [0.1, 0.15) is 12.5 Å². The summed E-state index contributed by atoms with van der Waals surface area (Å²) in [5.74, 6) is 1.08. The predicted octanol–water partition coefficient (Wildman–Crippen LogP) is 0.573. The summed E-state index contributed by atoms with van der Waals surface area (Å²) >= 11 is 0. The Labute approximate surface area is 78.9 Å². The van der Waals surface area contributed by atoms with E-state index in [0.717, 1.165) is 25.3 Å². The van der Waals surface area contributed by atoms with Crippen LogP contribution in [0.3, 0.4) is 0 Å². The first kappa shape index (κ1) is 8.57. The van der Waals surface area contributed by atoms with Crippen LogP contribution < -0.4 is 10.1 Å². The number of rotatable bonds is 3. The molecule has 2 rings (SSSR count). The Morgan fingerprint density at radius 2 is 2.31 bits per heavy atom. The Morgan fingerprint density at radius 3 is 3.08 bits per heavy atom. The highest BCUT2D eigenvalue weighted by Gasteiger charge is 2.22. The van der Waals surface area contributed by atoms with Crippen LogP contribution in [0, 0.1) is 0 Å². The quantitative estimate of drug-likeness (QED) is 0.719. The molecule has 1 aromatic carbocycles. The molecule has 0 aromatic heterocycles. The van der Waals surface area contributed by atoms with Gasteiger partial charge in [-0.25, -0.2) is 0 Å². The maximum atomic E-state index is 5.78. The van der Waals surface area contributed by atoms with Gasteiger partial charge in [0.1, 0.15) is 12.3 Å². The van der Waals surface area contributed by atoms with Gasteiger partial charge < -0.3 is 10.1 Å². The van der Waals surface area contributed by atoms with Crippen LogP contribution in [-0.2, 0) is 6.42 Å². The van der Waals surface area contributed by atoms with Crippen molar-refractivity contribution < 1.29 is 10.1 Å². The maximum Gasteiger partial charge on any atom is 0.151 e. The summed E-state index contributed by atoms with van der Waals surface area (Å²) in [4.78, 5) is 0. The van der Waals surface area contributed by atoms with Gasteiger partial charge in [-0.05, 0) is 18.6 Å². The largest absolute Gasteiger partial charge is 0.484 e. The first-order chi connectivity index (χ1) is 6.40. The third-order valence-corrected chi connectivity index (χ3v) is 2.43. The van der Waals surface area contributed by atoms with Crippen LogP contribution in [0.5, 0.6) is 5.75 Å². The number of hydrogen-bond acceptors (Lipinski definition) is 1. The first-order valence-corrected chi connectivity index (χ1v) is 4.96. The van der Waals surface area contributed by atoms with E-state index >= 15 is 0 Å². The van der Waals surface area contributed by atoms with E-state index in [1.165, 1.54) is 5.56 Å². The summed E-state index contributed by atoms with van der Waals surface area (Å²) in [5, 5.41) is 2.29. The molecule has 70 valence electrons. The molecule has 1 aliphatic heterocycles. The molecule has 2 N–H and O–H groups in total. The third kappa shape index (κ3) is 1.83. The van der Waals surface area contributed by atoms with Crippen molar-refractivity contribution in [2.75, 3.05) is 13.1 Å². The van der Waals surface area contributed by atoms with Crippen molar-refractivity contribution in [2.24, 2.45) is 0 Å². The smallest absolute Gasteiger partial charge is 0.151 e. The molecule has 0 unspecified atom stereocenters. The normalized spacial score (nSPS) is 19.6. The van der Waals surface area contributed by atoms with Gasteiger partial charge in [-0.15, -0.1) is 0 Å². The van der Waals surface area contributed by atoms with E-state index in [4.69, 9.17) is 4.74 Å². The summed E-state index contributed by atoms with van der Waals surface area (Å²) < 4.78 is 5.78. The number of hydrogen-bond donors (Lipinski definition) is 1. The standard InChI is InChI=1S/C11H15NO/c1-2-12-8-10-7-9-5-3-4-6-11(9)13-10/h3-6,10,12H,2,7-8H2,1H3/p+1/t10-/m0/s1. The van der Waals surface area contributed by atoms with Gasteiger partial charge in [0, 0.05) is 6.42 Å². The summed E-state index contributed by atoms with van der Waals surface area (Å²) in [5.41, 5.74) is 1.36. The molecule has 1 heterocycles. The van der Waals surface area contributed by atoms with E-state index in [1.807, 2.05) is 6.07 Å². The Hall–Kier alpha value is -1.02. The summed E-state index contributed by atoms with van der Waals surface area (Å²) in [6.07, 6.45) is 1.46. The molecule has 0 aliphatic carbocycles. The highest BCUT2D eigenvalue weighted by atomic mass is 16.5. The van der Waals surface area contributed by atoms with Gasteiger partial charge in [0.2, 0.25) is 0 Å². The van der Waals surface area contributed by atoms with Crippen molar-refractivity contribution in [3.63, 3.8) is 0 Å². The highest BCUT2D eigenvalue weighted by Crippen LogP contribution is 2.27. The number of fused-ring (bicyclic) bond motifs is 1.